The minimum atomic E-state index is -4.96. The number of hydrogen-bond acceptors (Lipinski definition) is 14. The van der Waals surface area contributed by atoms with Crippen LogP contribution in [0.3, 0.4) is 0 Å². The summed E-state index contributed by atoms with van der Waals surface area (Å²) in [7, 11) is -9.83. The molecule has 0 aromatic carbocycles. The number of rotatable bonds is 93. The summed E-state index contributed by atoms with van der Waals surface area (Å²) in [6.07, 6.45) is 126. The number of ether oxygens (including phenoxy) is 3. The van der Waals surface area contributed by atoms with Crippen LogP contribution in [0.25, 0.3) is 0 Å². The highest BCUT2D eigenvalue weighted by Gasteiger charge is 2.30. The summed E-state index contributed by atoms with van der Waals surface area (Å²) in [5.74, 6) is -1.62. The molecule has 0 aromatic heterocycles. The minimum Gasteiger partial charge on any atom is -0.463 e. The van der Waals surface area contributed by atoms with Crippen molar-refractivity contribution in [2.24, 2.45) is 0 Å². The van der Waals surface area contributed by atoms with Gasteiger partial charge in [-0.3, -0.25) is 32.5 Å². The number of allylic oxidation sites excluding steroid dienone is 28. The fourth-order valence-corrected chi connectivity index (χ4v) is 15.0. The van der Waals surface area contributed by atoms with E-state index in [4.69, 9.17) is 32.3 Å². The predicted octanol–water partition coefficient (Wildman–Crippen LogP) is 31.0. The van der Waals surface area contributed by atoms with E-state index < -0.39 is 91.5 Å². The lowest BCUT2D eigenvalue weighted by molar-refractivity contribution is -0.161. The molecule has 0 saturated heterocycles. The Bertz CT molecular complexity index is 2920. The van der Waals surface area contributed by atoms with Gasteiger partial charge < -0.3 is 34.2 Å². The Labute approximate surface area is 752 Å². The van der Waals surface area contributed by atoms with Crippen LogP contribution < -0.4 is 0 Å². The molecule has 4 N–H and O–H groups in total. The third kappa shape index (κ3) is 97.4. The van der Waals surface area contributed by atoms with Crippen molar-refractivity contribution < 1.29 is 75.8 Å². The van der Waals surface area contributed by atoms with E-state index in [-0.39, 0.29) is 19.3 Å². The van der Waals surface area contributed by atoms with Gasteiger partial charge in [-0.2, -0.15) is 0 Å². The van der Waals surface area contributed by atoms with Gasteiger partial charge in [-0.1, -0.05) is 409 Å². The fraction of sp³-hybridized carbons (Fsp3) is 0.705. The fourth-order valence-electron chi connectivity index (χ4n) is 13.4. The van der Waals surface area contributed by atoms with E-state index in [0.717, 1.165) is 122 Å². The average molecular weight is 1760 g/mol. The van der Waals surface area contributed by atoms with Gasteiger partial charge in [0, 0.05) is 19.3 Å². The molecule has 18 heteroatoms. The predicted molar refractivity (Wildman–Crippen MR) is 519 cm³/mol. The summed E-state index contributed by atoms with van der Waals surface area (Å²) in [5, 5.41) is 20.8. The molecule has 0 radical (unpaired) electrons. The Morgan fingerprint density at radius 2 is 0.431 bits per heavy atom. The van der Waals surface area contributed by atoms with Gasteiger partial charge in [-0.25, -0.2) is 9.13 Å². The second-order valence-electron chi connectivity index (χ2n) is 32.8. The van der Waals surface area contributed by atoms with Crippen LogP contribution >= 0.6 is 15.6 Å². The van der Waals surface area contributed by atoms with Crippen molar-refractivity contribution in [1.82, 2.24) is 0 Å². The Balaban J connectivity index is 4.57. The van der Waals surface area contributed by atoms with Crippen LogP contribution in [0.4, 0.5) is 0 Å². The summed E-state index contributed by atoms with van der Waals surface area (Å²) in [6, 6.07) is 0. The van der Waals surface area contributed by atoms with Gasteiger partial charge in [0.2, 0.25) is 0 Å². The largest absolute Gasteiger partial charge is 0.472 e. The van der Waals surface area contributed by atoms with Crippen molar-refractivity contribution in [3.8, 4) is 0 Å². The van der Waals surface area contributed by atoms with Crippen LogP contribution in [0.5, 0.6) is 0 Å². The molecule has 5 atom stereocenters. The second kappa shape index (κ2) is 96.0. The lowest BCUT2D eigenvalue weighted by Gasteiger charge is -2.21. The number of phosphoric ester groups is 2. The van der Waals surface area contributed by atoms with Crippen molar-refractivity contribution in [1.29, 1.82) is 0 Å². The van der Waals surface area contributed by atoms with Gasteiger partial charge in [-0.15, -0.1) is 0 Å². The van der Waals surface area contributed by atoms with Crippen LogP contribution in [0.1, 0.15) is 419 Å². The zero-order valence-corrected chi connectivity index (χ0v) is 79.9. The zero-order valence-electron chi connectivity index (χ0n) is 78.1. The second-order valence-corrected chi connectivity index (χ2v) is 35.7. The van der Waals surface area contributed by atoms with E-state index in [1.807, 2.05) is 0 Å². The SMILES string of the molecule is CC/C=C\C/C=C\C/C=C\C/C=C\C/C=C\C/C=C\CCCCC(=O)OC(COC(=O)CCCCCCCCCCCCCCCCCCC/C=C\C/C=C\C/C=C\C/C=C\CCCCC)COP(=O)(O)OCC(O)COP(=O)(O)OCC(O)COC(=O)CCCCCCCCCCCCCCCCCCC/C=C\C/C=C\C/C=C\C/C=C\CCCCC. The van der Waals surface area contributed by atoms with Crippen LogP contribution in [-0.2, 0) is 55.8 Å². The maximum atomic E-state index is 13.1. The Morgan fingerprint density at radius 1 is 0.236 bits per heavy atom. The number of hydrogen-bond donors (Lipinski definition) is 4. The number of esters is 3. The lowest BCUT2D eigenvalue weighted by Crippen LogP contribution is -2.30. The highest BCUT2D eigenvalue weighted by atomic mass is 31.2. The maximum Gasteiger partial charge on any atom is 0.472 e. The quantitative estimate of drug-likeness (QED) is 0.0146. The van der Waals surface area contributed by atoms with Crippen molar-refractivity contribution >= 4 is 33.6 Å². The smallest absolute Gasteiger partial charge is 0.463 e. The summed E-state index contributed by atoms with van der Waals surface area (Å²) in [5.41, 5.74) is 0. The van der Waals surface area contributed by atoms with Gasteiger partial charge in [0.15, 0.2) is 6.10 Å². The van der Waals surface area contributed by atoms with Crippen molar-refractivity contribution in [2.45, 2.75) is 437 Å². The summed E-state index contributed by atoms with van der Waals surface area (Å²) < 4.78 is 61.5. The van der Waals surface area contributed by atoms with Crippen LogP contribution in [0, 0.1) is 0 Å². The van der Waals surface area contributed by atoms with Crippen LogP contribution in [-0.4, -0.2) is 95.9 Å². The zero-order chi connectivity index (χ0) is 89.3. The first kappa shape index (κ1) is 118. The highest BCUT2D eigenvalue weighted by Crippen LogP contribution is 2.45. The topological polar surface area (TPSA) is 231 Å². The molecule has 0 aliphatic heterocycles. The molecule has 0 saturated carbocycles. The molecule has 0 fully saturated rings. The van der Waals surface area contributed by atoms with Crippen molar-refractivity contribution in [3.63, 3.8) is 0 Å². The van der Waals surface area contributed by atoms with Crippen molar-refractivity contribution in [3.05, 3.63) is 170 Å². The Morgan fingerprint density at radius 3 is 0.699 bits per heavy atom. The van der Waals surface area contributed by atoms with Crippen LogP contribution in [0.2, 0.25) is 0 Å². The normalized spacial score (nSPS) is 14.4. The van der Waals surface area contributed by atoms with Crippen LogP contribution in [0.15, 0.2) is 170 Å². The van der Waals surface area contributed by atoms with E-state index in [0.29, 0.717) is 25.7 Å². The molecular weight excluding hydrogens is 1580 g/mol. The van der Waals surface area contributed by atoms with Crippen molar-refractivity contribution in [2.75, 3.05) is 39.6 Å². The summed E-state index contributed by atoms with van der Waals surface area (Å²) >= 11 is 0. The average Bonchev–Trinajstić information content (AvgIpc) is 0.896. The Kier molecular flexibility index (Phi) is 92.0. The molecule has 5 unspecified atom stereocenters. The molecule has 0 aliphatic rings. The molecule has 706 valence electrons. The molecule has 16 nitrogen and oxygen atoms in total. The number of phosphoric acid groups is 2. The molecule has 0 bridgehead atoms. The van der Waals surface area contributed by atoms with E-state index in [2.05, 4.69) is 191 Å². The van der Waals surface area contributed by atoms with Gasteiger partial charge in [-0.05, 0) is 161 Å². The van der Waals surface area contributed by atoms with Gasteiger partial charge >= 0.3 is 33.6 Å². The maximum absolute atomic E-state index is 13.1. The first-order chi connectivity index (χ1) is 60.2. The van der Waals surface area contributed by atoms with E-state index in [1.165, 1.54) is 231 Å². The van der Waals surface area contributed by atoms with Gasteiger partial charge in [0.1, 0.15) is 25.4 Å². The monoisotopic (exact) mass is 1760 g/mol. The molecule has 123 heavy (non-hydrogen) atoms. The van der Waals surface area contributed by atoms with Gasteiger partial charge in [0.05, 0.1) is 26.4 Å². The Hall–Kier alpha value is -5.09. The standard InChI is InChI=1S/C105H180O16P2/c1-4-7-10-13-16-19-22-25-28-31-34-37-39-41-43-45-47-49-51-53-55-57-59-62-64-67-70-73-76-79-82-85-88-91-103(108)115-94-100(106)95-117-122(111,112)118-96-101(107)97-119-123(113,114)120-99-102(121-105(110)93-90-87-84-81-78-75-72-69-66-61-36-33-30-27-24-21-18-15-12-9-6-3)98-116-104(109)92-89-86-83-80-77-74-71-68-65-63-60-58-56-54-52-50-48-46-44-42-40-38-35-32-29-26-23-20-17-14-11-8-5-2/h9,12,16-21,25-30,34-38,41-44,61,69,72,78,81,100-102,106-107H,4-8,10-11,13-15,22-24,31-33,39-40,45-60,62-68,70-71,73-77,79-80,82-99H2,1-3H3,(H,111,112)(H,113,114)/b12-9-,19-16-,20-17-,21-18-,28-25-,29-26-,30-27-,37-34-,38-35-,43-41-,44-42-,61-36-,72-69-,81-78-. The minimum absolute atomic E-state index is 0.0464. The molecule has 0 aromatic rings. The number of unbranched alkanes of at least 4 members (excludes halogenated alkanes) is 42. The van der Waals surface area contributed by atoms with E-state index in [9.17, 15) is 43.5 Å². The highest BCUT2D eigenvalue weighted by molar-refractivity contribution is 7.47. The summed E-state index contributed by atoms with van der Waals surface area (Å²) in [6.45, 7) is 2.52. The lowest BCUT2D eigenvalue weighted by atomic mass is 10.0. The van der Waals surface area contributed by atoms with E-state index >= 15 is 0 Å². The summed E-state index contributed by atoms with van der Waals surface area (Å²) in [4.78, 5) is 59.1. The molecular formula is C105H180O16P2. The first-order valence-electron chi connectivity index (χ1n) is 49.4. The molecule has 0 heterocycles. The third-order valence-electron chi connectivity index (χ3n) is 20.9. The van der Waals surface area contributed by atoms with Gasteiger partial charge in [0.25, 0.3) is 0 Å². The number of aliphatic hydroxyl groups is 2. The number of carbonyl (C=O) groups excluding carboxylic acids is 3. The molecule has 0 aliphatic carbocycles. The number of carbonyl (C=O) groups is 3. The van der Waals surface area contributed by atoms with E-state index in [1.54, 1.807) is 0 Å². The molecule has 0 rings (SSSR count). The third-order valence-corrected chi connectivity index (χ3v) is 22.8. The molecule has 0 amide bonds. The first-order valence-corrected chi connectivity index (χ1v) is 52.4. The number of aliphatic hydroxyl groups excluding tert-OH is 2. The molecule has 0 spiro atoms.